The number of amides is 2. The standard InChI is InChI=1S/C32H31ClN4O6/c1-3-21-16-29(24(33)17-28(21)42-20(2)8-11-30(38)35-19-31(39)40)43-27-12-13-34-18-23(27)32(41)37-15-14-36(22-9-10-22)25-6-4-5-7-26(25)37/h4-8,11-13,16-18,22H,2-3,9-10,14-15,19H2,1H3,(H,35,38)(H,39,40). The lowest BCUT2D eigenvalue weighted by Crippen LogP contribution is -2.45. The fraction of sp³-hybridized carbons (Fsp3) is 0.250. The van der Waals surface area contributed by atoms with E-state index in [0.717, 1.165) is 29.6 Å². The van der Waals surface area contributed by atoms with E-state index in [1.54, 1.807) is 29.3 Å². The summed E-state index contributed by atoms with van der Waals surface area (Å²) < 4.78 is 12.0. The Kier molecular flexibility index (Phi) is 8.96. The average Bonchev–Trinajstić information content (AvgIpc) is 3.85. The van der Waals surface area contributed by atoms with Crippen LogP contribution in [-0.4, -0.2) is 53.6 Å². The number of allylic oxidation sites excluding steroid dienone is 1. The fourth-order valence-corrected chi connectivity index (χ4v) is 5.04. The van der Waals surface area contributed by atoms with Crippen LogP contribution in [0.25, 0.3) is 0 Å². The maximum atomic E-state index is 13.9. The smallest absolute Gasteiger partial charge is 0.322 e. The number of carbonyl (C=O) groups excluding carboxylic acids is 2. The number of benzene rings is 2. The Morgan fingerprint density at radius 3 is 2.58 bits per heavy atom. The van der Waals surface area contributed by atoms with Crippen LogP contribution in [0, 0.1) is 0 Å². The highest BCUT2D eigenvalue weighted by Gasteiger charge is 2.36. The van der Waals surface area contributed by atoms with Crippen molar-refractivity contribution < 1.29 is 29.0 Å². The number of anilines is 2. The van der Waals surface area contributed by atoms with Gasteiger partial charge in [-0.05, 0) is 55.2 Å². The molecule has 0 atom stereocenters. The minimum absolute atomic E-state index is 0.147. The van der Waals surface area contributed by atoms with Crippen LogP contribution in [0.15, 0.2) is 79.3 Å². The molecule has 2 aliphatic rings. The first-order valence-electron chi connectivity index (χ1n) is 13.9. The van der Waals surface area contributed by atoms with E-state index in [-0.39, 0.29) is 16.7 Å². The molecule has 1 aliphatic heterocycles. The summed E-state index contributed by atoms with van der Waals surface area (Å²) in [6.07, 6.45) is 8.41. The SMILES string of the molecule is C=C(C=CC(=O)NCC(=O)O)Oc1cc(Cl)c(Oc2ccncc2C(=O)N2CCN(C3CC3)c3ccccc32)cc1CC. The number of hydrogen-bond acceptors (Lipinski definition) is 7. The topological polar surface area (TPSA) is 121 Å². The molecular weight excluding hydrogens is 572 g/mol. The number of nitrogens with one attached hydrogen (secondary N) is 1. The van der Waals surface area contributed by atoms with Crippen molar-refractivity contribution in [2.45, 2.75) is 32.2 Å². The van der Waals surface area contributed by atoms with E-state index in [2.05, 4.69) is 27.8 Å². The molecule has 2 heterocycles. The van der Waals surface area contributed by atoms with Gasteiger partial charge in [-0.3, -0.25) is 19.4 Å². The molecule has 0 saturated heterocycles. The Hall–Kier alpha value is -4.83. The van der Waals surface area contributed by atoms with Crippen LogP contribution in [0.4, 0.5) is 11.4 Å². The molecule has 2 N–H and O–H groups in total. The number of para-hydroxylation sites is 2. The van der Waals surface area contributed by atoms with Gasteiger partial charge in [0.25, 0.3) is 5.91 Å². The molecule has 5 rings (SSSR count). The Morgan fingerprint density at radius 1 is 1.09 bits per heavy atom. The van der Waals surface area contributed by atoms with Gasteiger partial charge in [-0.15, -0.1) is 0 Å². The van der Waals surface area contributed by atoms with Gasteiger partial charge in [-0.25, -0.2) is 0 Å². The van der Waals surface area contributed by atoms with Crippen molar-refractivity contribution >= 4 is 40.8 Å². The van der Waals surface area contributed by atoms with Crippen molar-refractivity contribution in [2.75, 3.05) is 29.4 Å². The molecule has 11 heteroatoms. The van der Waals surface area contributed by atoms with Crippen molar-refractivity contribution in [1.82, 2.24) is 10.3 Å². The first kappa shape index (κ1) is 29.7. The van der Waals surface area contributed by atoms with E-state index < -0.39 is 18.4 Å². The van der Waals surface area contributed by atoms with Crippen molar-refractivity contribution in [3.63, 3.8) is 0 Å². The van der Waals surface area contributed by atoms with Gasteiger partial charge >= 0.3 is 5.97 Å². The van der Waals surface area contributed by atoms with Crippen molar-refractivity contribution in [3.05, 3.63) is 95.5 Å². The van der Waals surface area contributed by atoms with Crippen molar-refractivity contribution in [2.24, 2.45) is 0 Å². The molecule has 1 aromatic heterocycles. The normalized spacial score (nSPS) is 14.3. The molecule has 1 fully saturated rings. The van der Waals surface area contributed by atoms with E-state index in [9.17, 15) is 14.4 Å². The Balaban J connectivity index is 1.34. The summed E-state index contributed by atoms with van der Waals surface area (Å²) in [5.41, 5.74) is 2.98. The van der Waals surface area contributed by atoms with Gasteiger partial charge in [0.05, 0.1) is 16.4 Å². The number of aryl methyl sites for hydroxylation is 1. The number of fused-ring (bicyclic) bond motifs is 1. The maximum Gasteiger partial charge on any atom is 0.322 e. The van der Waals surface area contributed by atoms with Crippen LogP contribution in [-0.2, 0) is 16.0 Å². The molecule has 3 aromatic rings. The summed E-state index contributed by atoms with van der Waals surface area (Å²) >= 11 is 6.60. The second kappa shape index (κ2) is 13.0. The van der Waals surface area contributed by atoms with Gasteiger partial charge in [-0.1, -0.05) is 37.2 Å². The summed E-state index contributed by atoms with van der Waals surface area (Å²) in [6.45, 7) is 6.52. The lowest BCUT2D eigenvalue weighted by atomic mass is 10.1. The van der Waals surface area contributed by atoms with Gasteiger partial charge < -0.3 is 29.7 Å². The number of ether oxygens (including phenoxy) is 2. The summed E-state index contributed by atoms with van der Waals surface area (Å²) in [4.78, 5) is 44.6. The zero-order valence-corrected chi connectivity index (χ0v) is 24.3. The predicted octanol–water partition coefficient (Wildman–Crippen LogP) is 5.37. The third kappa shape index (κ3) is 6.98. The number of carboxylic acids is 1. The minimum Gasteiger partial charge on any atom is -0.480 e. The average molecular weight is 603 g/mol. The van der Waals surface area contributed by atoms with E-state index in [1.807, 2.05) is 25.1 Å². The molecule has 43 heavy (non-hydrogen) atoms. The molecular formula is C32H31ClN4O6. The first-order valence-corrected chi connectivity index (χ1v) is 14.3. The number of rotatable bonds is 11. The molecule has 0 bridgehead atoms. The maximum absolute atomic E-state index is 13.9. The van der Waals surface area contributed by atoms with Crippen molar-refractivity contribution in [1.29, 1.82) is 0 Å². The molecule has 2 amide bonds. The zero-order valence-electron chi connectivity index (χ0n) is 23.6. The third-order valence-electron chi connectivity index (χ3n) is 7.08. The lowest BCUT2D eigenvalue weighted by molar-refractivity contribution is -0.137. The zero-order chi connectivity index (χ0) is 30.5. The monoisotopic (exact) mass is 602 g/mol. The number of carbonyl (C=O) groups is 3. The molecule has 0 unspecified atom stereocenters. The molecule has 1 aliphatic carbocycles. The second-order valence-electron chi connectivity index (χ2n) is 10.1. The number of aliphatic carboxylic acids is 1. The highest BCUT2D eigenvalue weighted by atomic mass is 35.5. The van der Waals surface area contributed by atoms with E-state index in [4.69, 9.17) is 26.2 Å². The summed E-state index contributed by atoms with van der Waals surface area (Å²) in [6, 6.07) is 13.4. The Labute approximate surface area is 254 Å². The quantitative estimate of drug-likeness (QED) is 0.171. The number of aromatic nitrogens is 1. The second-order valence-corrected chi connectivity index (χ2v) is 10.5. The lowest BCUT2D eigenvalue weighted by Gasteiger charge is -2.38. The summed E-state index contributed by atoms with van der Waals surface area (Å²) in [7, 11) is 0. The Morgan fingerprint density at radius 2 is 1.86 bits per heavy atom. The molecule has 1 saturated carbocycles. The summed E-state index contributed by atoms with van der Waals surface area (Å²) in [5, 5.41) is 11.1. The third-order valence-corrected chi connectivity index (χ3v) is 7.38. The van der Waals surface area contributed by atoms with Gasteiger partial charge in [0, 0.05) is 43.7 Å². The number of nitrogens with zero attached hydrogens (tertiary/aromatic N) is 3. The summed E-state index contributed by atoms with van der Waals surface area (Å²) in [5.74, 6) is -0.750. The number of hydrogen-bond donors (Lipinski definition) is 2. The molecule has 10 nitrogen and oxygen atoms in total. The van der Waals surface area contributed by atoms with Crippen molar-refractivity contribution in [3.8, 4) is 17.2 Å². The van der Waals surface area contributed by atoms with E-state index >= 15 is 0 Å². The molecule has 0 radical (unpaired) electrons. The van der Waals surface area contributed by atoms with Crippen LogP contribution in [0.1, 0.15) is 35.7 Å². The van der Waals surface area contributed by atoms with Gasteiger partial charge in [0.2, 0.25) is 5.91 Å². The van der Waals surface area contributed by atoms with Gasteiger partial charge in [-0.2, -0.15) is 0 Å². The fourth-order valence-electron chi connectivity index (χ4n) is 4.85. The number of halogens is 1. The first-order chi connectivity index (χ1) is 20.7. The number of pyridine rings is 1. The molecule has 222 valence electrons. The molecule has 0 spiro atoms. The highest BCUT2D eigenvalue weighted by Crippen LogP contribution is 2.41. The van der Waals surface area contributed by atoms with E-state index in [1.165, 1.54) is 25.1 Å². The van der Waals surface area contributed by atoms with Crippen LogP contribution < -0.4 is 24.6 Å². The van der Waals surface area contributed by atoms with Gasteiger partial charge in [0.1, 0.15) is 35.1 Å². The minimum atomic E-state index is -1.15. The highest BCUT2D eigenvalue weighted by molar-refractivity contribution is 6.32. The predicted molar refractivity (Wildman–Crippen MR) is 163 cm³/mol. The Bertz CT molecular complexity index is 1600. The van der Waals surface area contributed by atoms with Crippen LogP contribution in [0.5, 0.6) is 17.2 Å². The van der Waals surface area contributed by atoms with Crippen LogP contribution in [0.2, 0.25) is 5.02 Å². The van der Waals surface area contributed by atoms with Crippen LogP contribution in [0.3, 0.4) is 0 Å². The largest absolute Gasteiger partial charge is 0.480 e. The van der Waals surface area contributed by atoms with Crippen LogP contribution >= 0.6 is 11.6 Å². The number of carboxylic acid groups (broad SMARTS) is 1. The van der Waals surface area contributed by atoms with E-state index in [0.29, 0.717) is 41.8 Å². The van der Waals surface area contributed by atoms with Gasteiger partial charge in [0.15, 0.2) is 0 Å². The molecule has 2 aromatic carbocycles.